The highest BCUT2D eigenvalue weighted by Crippen LogP contribution is 2.23. The van der Waals surface area contributed by atoms with Gasteiger partial charge in [0.05, 0.1) is 11.9 Å². The summed E-state index contributed by atoms with van der Waals surface area (Å²) in [4.78, 5) is 15.1. The molecule has 0 N–H and O–H groups in total. The van der Waals surface area contributed by atoms with Gasteiger partial charge in [-0.1, -0.05) is 0 Å². The fourth-order valence-corrected chi connectivity index (χ4v) is 2.68. The van der Waals surface area contributed by atoms with Crippen LogP contribution in [0.15, 0.2) is 18.5 Å². The number of rotatable bonds is 2. The van der Waals surface area contributed by atoms with Crippen LogP contribution in [0.3, 0.4) is 0 Å². The first-order chi connectivity index (χ1) is 6.75. The van der Waals surface area contributed by atoms with Crippen LogP contribution in [0.4, 0.5) is 4.39 Å². The fraction of sp³-hybridized carbons (Fsp3) is 0.400. The summed E-state index contributed by atoms with van der Waals surface area (Å²) in [6.07, 6.45) is 3.42. The Labute approximate surface area is 85.9 Å². The largest absolute Gasteiger partial charge is 0.298 e. The SMILES string of the molecule is O=C1CSCC1Cc1cncc(F)c1. The zero-order valence-corrected chi connectivity index (χ0v) is 8.39. The molecule has 14 heavy (non-hydrogen) atoms. The lowest BCUT2D eigenvalue weighted by molar-refractivity contribution is -0.119. The first-order valence-electron chi connectivity index (χ1n) is 4.45. The summed E-state index contributed by atoms with van der Waals surface area (Å²) < 4.78 is 12.8. The average molecular weight is 211 g/mol. The zero-order chi connectivity index (χ0) is 9.97. The van der Waals surface area contributed by atoms with Gasteiger partial charge in [0, 0.05) is 17.9 Å². The summed E-state index contributed by atoms with van der Waals surface area (Å²) in [5.41, 5.74) is 0.811. The Morgan fingerprint density at radius 3 is 3.07 bits per heavy atom. The number of pyridine rings is 1. The Morgan fingerprint density at radius 2 is 2.43 bits per heavy atom. The minimum atomic E-state index is -0.333. The second-order valence-corrected chi connectivity index (χ2v) is 4.42. The molecule has 0 radical (unpaired) electrons. The Morgan fingerprint density at radius 1 is 1.57 bits per heavy atom. The molecule has 0 aliphatic carbocycles. The van der Waals surface area contributed by atoms with Crippen LogP contribution in [0, 0.1) is 11.7 Å². The summed E-state index contributed by atoms with van der Waals surface area (Å²) in [6.45, 7) is 0. The second kappa shape index (κ2) is 4.09. The lowest BCUT2D eigenvalue weighted by atomic mass is 9.99. The molecule has 1 aliphatic rings. The van der Waals surface area contributed by atoms with Gasteiger partial charge in [-0.3, -0.25) is 9.78 Å². The molecule has 1 atom stereocenters. The van der Waals surface area contributed by atoms with Gasteiger partial charge in [0.25, 0.3) is 0 Å². The third-order valence-corrected chi connectivity index (χ3v) is 3.39. The normalized spacial score (nSPS) is 21.5. The number of carbonyl (C=O) groups excluding carboxylic acids is 1. The van der Waals surface area contributed by atoms with Crippen LogP contribution in [0.5, 0.6) is 0 Å². The molecule has 2 heterocycles. The number of nitrogens with zero attached hydrogens (tertiary/aromatic N) is 1. The molecule has 0 saturated carbocycles. The molecule has 1 aromatic rings. The molecule has 74 valence electrons. The number of ketones is 1. The average Bonchev–Trinajstić information content (AvgIpc) is 2.52. The van der Waals surface area contributed by atoms with Gasteiger partial charge in [0.1, 0.15) is 11.6 Å². The minimum Gasteiger partial charge on any atom is -0.298 e. The topological polar surface area (TPSA) is 30.0 Å². The van der Waals surface area contributed by atoms with Crippen LogP contribution < -0.4 is 0 Å². The van der Waals surface area contributed by atoms with Crippen LogP contribution in [0.25, 0.3) is 0 Å². The maximum atomic E-state index is 12.8. The monoisotopic (exact) mass is 211 g/mol. The predicted molar refractivity (Wildman–Crippen MR) is 53.7 cm³/mol. The van der Waals surface area contributed by atoms with Crippen molar-refractivity contribution in [2.45, 2.75) is 6.42 Å². The molecule has 1 aliphatic heterocycles. The van der Waals surface area contributed by atoms with Crippen molar-refractivity contribution in [3.63, 3.8) is 0 Å². The van der Waals surface area contributed by atoms with E-state index < -0.39 is 0 Å². The number of hydrogen-bond acceptors (Lipinski definition) is 3. The number of aromatic nitrogens is 1. The van der Waals surface area contributed by atoms with E-state index in [-0.39, 0.29) is 17.5 Å². The van der Waals surface area contributed by atoms with Crippen molar-refractivity contribution in [3.05, 3.63) is 29.8 Å². The molecule has 1 aromatic heterocycles. The Bertz CT molecular complexity index is 356. The molecule has 0 amide bonds. The van der Waals surface area contributed by atoms with Crippen LogP contribution in [-0.2, 0) is 11.2 Å². The first-order valence-corrected chi connectivity index (χ1v) is 5.61. The van der Waals surface area contributed by atoms with Gasteiger partial charge in [0.2, 0.25) is 0 Å². The Hall–Kier alpha value is -0.900. The molecule has 1 fully saturated rings. The van der Waals surface area contributed by atoms with Crippen LogP contribution in [0.1, 0.15) is 5.56 Å². The molecule has 0 aromatic carbocycles. The molecular formula is C10H10FNOS. The maximum Gasteiger partial charge on any atom is 0.146 e. The van der Waals surface area contributed by atoms with Crippen LogP contribution in [0.2, 0.25) is 0 Å². The summed E-state index contributed by atoms with van der Waals surface area (Å²) >= 11 is 1.65. The second-order valence-electron chi connectivity index (χ2n) is 3.39. The number of Topliss-reactive ketones (excluding diaryl/α,β-unsaturated/α-hetero) is 1. The predicted octanol–water partition coefficient (Wildman–Crippen LogP) is 1.70. The van der Waals surface area contributed by atoms with Crippen molar-refractivity contribution in [1.82, 2.24) is 4.98 Å². The highest BCUT2D eigenvalue weighted by molar-refractivity contribution is 8.00. The van der Waals surface area contributed by atoms with E-state index in [2.05, 4.69) is 4.98 Å². The summed E-state index contributed by atoms with van der Waals surface area (Å²) in [5, 5.41) is 0. The third-order valence-electron chi connectivity index (χ3n) is 2.26. The van der Waals surface area contributed by atoms with E-state index in [1.165, 1.54) is 12.3 Å². The smallest absolute Gasteiger partial charge is 0.146 e. The van der Waals surface area contributed by atoms with E-state index in [0.717, 1.165) is 11.3 Å². The van der Waals surface area contributed by atoms with Crippen molar-refractivity contribution in [2.75, 3.05) is 11.5 Å². The van der Waals surface area contributed by atoms with Crippen molar-refractivity contribution < 1.29 is 9.18 Å². The number of thioether (sulfide) groups is 1. The number of hydrogen-bond donors (Lipinski definition) is 0. The highest BCUT2D eigenvalue weighted by Gasteiger charge is 2.25. The zero-order valence-electron chi connectivity index (χ0n) is 7.57. The molecule has 1 saturated heterocycles. The van der Waals surface area contributed by atoms with Gasteiger partial charge < -0.3 is 0 Å². The van der Waals surface area contributed by atoms with Gasteiger partial charge in [-0.25, -0.2) is 4.39 Å². The van der Waals surface area contributed by atoms with Gasteiger partial charge in [-0.15, -0.1) is 0 Å². The number of carbonyl (C=O) groups is 1. The van der Waals surface area contributed by atoms with E-state index in [1.54, 1.807) is 18.0 Å². The Kier molecular flexibility index (Phi) is 2.82. The maximum absolute atomic E-state index is 12.8. The molecular weight excluding hydrogens is 201 g/mol. The van der Waals surface area contributed by atoms with Crippen molar-refractivity contribution in [2.24, 2.45) is 5.92 Å². The molecule has 2 rings (SSSR count). The molecule has 4 heteroatoms. The molecule has 1 unspecified atom stereocenters. The molecule has 0 bridgehead atoms. The minimum absolute atomic E-state index is 0.0589. The van der Waals surface area contributed by atoms with E-state index in [4.69, 9.17) is 0 Å². The van der Waals surface area contributed by atoms with Gasteiger partial charge >= 0.3 is 0 Å². The fourth-order valence-electron chi connectivity index (χ4n) is 1.54. The summed E-state index contributed by atoms with van der Waals surface area (Å²) in [6, 6.07) is 1.45. The standard InChI is InChI=1S/C10H10FNOS/c11-9-2-7(3-12-4-9)1-8-5-14-6-10(8)13/h2-4,8H,1,5-6H2. The van der Waals surface area contributed by atoms with Crippen molar-refractivity contribution >= 4 is 17.5 Å². The van der Waals surface area contributed by atoms with Gasteiger partial charge in [-0.2, -0.15) is 11.8 Å². The van der Waals surface area contributed by atoms with E-state index in [1.807, 2.05) is 0 Å². The van der Waals surface area contributed by atoms with Crippen LogP contribution in [-0.4, -0.2) is 22.3 Å². The van der Waals surface area contributed by atoms with Crippen LogP contribution >= 0.6 is 11.8 Å². The van der Waals surface area contributed by atoms with E-state index >= 15 is 0 Å². The van der Waals surface area contributed by atoms with E-state index in [0.29, 0.717) is 12.2 Å². The third kappa shape index (κ3) is 2.12. The van der Waals surface area contributed by atoms with Crippen molar-refractivity contribution in [3.8, 4) is 0 Å². The van der Waals surface area contributed by atoms with Gasteiger partial charge in [-0.05, 0) is 18.1 Å². The lowest BCUT2D eigenvalue weighted by Crippen LogP contribution is -2.14. The highest BCUT2D eigenvalue weighted by atomic mass is 32.2. The van der Waals surface area contributed by atoms with E-state index in [9.17, 15) is 9.18 Å². The molecule has 0 spiro atoms. The summed E-state index contributed by atoms with van der Waals surface area (Å²) in [5.74, 6) is 1.46. The molecule has 2 nitrogen and oxygen atoms in total. The first kappa shape index (κ1) is 9.65. The quantitative estimate of drug-likeness (QED) is 0.745. The Balaban J connectivity index is 2.07. The lowest BCUT2D eigenvalue weighted by Gasteiger charge is -2.05. The van der Waals surface area contributed by atoms with Gasteiger partial charge in [0.15, 0.2) is 0 Å². The number of halogens is 1. The van der Waals surface area contributed by atoms with Crippen molar-refractivity contribution in [1.29, 1.82) is 0 Å². The summed E-state index contributed by atoms with van der Waals surface area (Å²) in [7, 11) is 0.